The molecule has 2 heterocycles. The second-order valence-electron chi connectivity index (χ2n) is 6.48. The first-order valence-corrected chi connectivity index (χ1v) is 7.97. The number of carbonyl (C=O) groups excluding carboxylic acids is 2. The molecule has 2 aliphatic rings. The number of carboxylic acids is 1. The summed E-state index contributed by atoms with van der Waals surface area (Å²) in [4.78, 5) is 50.9. The van der Waals surface area contributed by atoms with Crippen LogP contribution in [0.3, 0.4) is 0 Å². The predicted molar refractivity (Wildman–Crippen MR) is 80.9 cm³/mol. The third-order valence-electron chi connectivity index (χ3n) is 4.83. The summed E-state index contributed by atoms with van der Waals surface area (Å²) in [5.41, 5.74) is -0.668. The quantitative estimate of drug-likeness (QED) is 0.812. The van der Waals surface area contributed by atoms with Gasteiger partial charge in [-0.15, -0.1) is 0 Å². The van der Waals surface area contributed by atoms with E-state index in [1.165, 1.54) is 0 Å². The lowest BCUT2D eigenvalue weighted by atomic mass is 9.93. The van der Waals surface area contributed by atoms with Crippen LogP contribution in [0.4, 0.5) is 13.2 Å². The molecule has 26 heavy (non-hydrogen) atoms. The zero-order chi connectivity index (χ0) is 19.2. The summed E-state index contributed by atoms with van der Waals surface area (Å²) < 4.78 is 39.2. The van der Waals surface area contributed by atoms with Crippen LogP contribution in [0.1, 0.15) is 39.3 Å². The van der Waals surface area contributed by atoms with Gasteiger partial charge >= 0.3 is 12.1 Å². The minimum Gasteiger partial charge on any atom is -0.481 e. The van der Waals surface area contributed by atoms with E-state index in [1.54, 1.807) is 0 Å². The van der Waals surface area contributed by atoms with Crippen molar-refractivity contribution in [3.8, 4) is 0 Å². The molecule has 0 unspecified atom stereocenters. The van der Waals surface area contributed by atoms with Crippen LogP contribution in [0.15, 0.2) is 10.9 Å². The molecule has 2 atom stereocenters. The van der Waals surface area contributed by atoms with Crippen molar-refractivity contribution in [1.29, 1.82) is 0 Å². The molecule has 1 aliphatic heterocycles. The number of ketones is 1. The fraction of sp³-hybridized carbons (Fsp3) is 0.500. The first-order valence-electron chi connectivity index (χ1n) is 7.97. The number of H-pyrrole nitrogens is 1. The van der Waals surface area contributed by atoms with Crippen molar-refractivity contribution in [2.24, 2.45) is 11.8 Å². The molecular formula is C16H15F3N2O5. The molecule has 1 aliphatic carbocycles. The van der Waals surface area contributed by atoms with Crippen LogP contribution in [-0.2, 0) is 11.2 Å². The number of fused-ring (bicyclic) bond motifs is 1. The van der Waals surface area contributed by atoms with E-state index in [2.05, 4.69) is 4.98 Å². The lowest BCUT2D eigenvalue weighted by Crippen LogP contribution is -2.36. The fourth-order valence-electron chi connectivity index (χ4n) is 3.46. The van der Waals surface area contributed by atoms with Crippen molar-refractivity contribution in [2.75, 3.05) is 13.1 Å². The molecular weight excluding hydrogens is 357 g/mol. The maximum atomic E-state index is 13.1. The van der Waals surface area contributed by atoms with Crippen molar-refractivity contribution in [3.63, 3.8) is 0 Å². The molecule has 0 bridgehead atoms. The van der Waals surface area contributed by atoms with Crippen LogP contribution in [0.25, 0.3) is 0 Å². The van der Waals surface area contributed by atoms with Crippen molar-refractivity contribution in [1.82, 2.24) is 9.88 Å². The highest BCUT2D eigenvalue weighted by molar-refractivity contribution is 6.01. The molecule has 0 aromatic carbocycles. The Morgan fingerprint density at radius 2 is 1.88 bits per heavy atom. The summed E-state index contributed by atoms with van der Waals surface area (Å²) in [5, 5.41) is 9.01. The fourth-order valence-corrected chi connectivity index (χ4v) is 3.46. The molecule has 1 amide bonds. The molecule has 3 rings (SSSR count). The second-order valence-corrected chi connectivity index (χ2v) is 6.48. The number of aromatic nitrogens is 1. The van der Waals surface area contributed by atoms with Gasteiger partial charge in [-0.1, -0.05) is 0 Å². The van der Waals surface area contributed by atoms with Gasteiger partial charge in [-0.25, -0.2) is 0 Å². The average molecular weight is 372 g/mol. The molecule has 1 aromatic rings. The molecule has 0 spiro atoms. The molecule has 7 nitrogen and oxygen atoms in total. The molecule has 2 N–H and O–H groups in total. The number of rotatable bonds is 2. The Morgan fingerprint density at radius 3 is 2.46 bits per heavy atom. The zero-order valence-corrected chi connectivity index (χ0v) is 13.4. The van der Waals surface area contributed by atoms with Gasteiger partial charge in [-0.2, -0.15) is 13.2 Å². The minimum absolute atomic E-state index is 0.181. The number of halogens is 3. The van der Waals surface area contributed by atoms with Crippen LogP contribution in [0.5, 0.6) is 0 Å². The van der Waals surface area contributed by atoms with Crippen molar-refractivity contribution in [2.45, 2.75) is 25.4 Å². The van der Waals surface area contributed by atoms with E-state index in [9.17, 15) is 32.3 Å². The van der Waals surface area contributed by atoms with Crippen molar-refractivity contribution < 1.29 is 32.7 Å². The monoisotopic (exact) mass is 372 g/mol. The highest BCUT2D eigenvalue weighted by atomic mass is 19.4. The van der Waals surface area contributed by atoms with E-state index in [0.29, 0.717) is 23.4 Å². The number of carbonyl (C=O) groups is 3. The topological polar surface area (TPSA) is 108 Å². The molecule has 0 saturated carbocycles. The highest BCUT2D eigenvalue weighted by Crippen LogP contribution is 2.38. The number of hydrogen-bond donors (Lipinski definition) is 2. The Bertz CT molecular complexity index is 845. The van der Waals surface area contributed by atoms with Gasteiger partial charge in [0.1, 0.15) is 5.56 Å². The number of Topliss-reactive ketones (excluding diaryl/α,β-unsaturated/α-hetero) is 1. The van der Waals surface area contributed by atoms with E-state index < -0.39 is 54.1 Å². The number of nitrogens with zero attached hydrogens (tertiary/aromatic N) is 1. The molecule has 0 radical (unpaired) electrons. The number of aromatic amines is 1. The average Bonchev–Trinajstić information content (AvgIpc) is 3.00. The number of amides is 1. The third kappa shape index (κ3) is 3.11. The van der Waals surface area contributed by atoms with E-state index in [-0.39, 0.29) is 17.8 Å². The predicted octanol–water partition coefficient (Wildman–Crippen LogP) is 1.23. The summed E-state index contributed by atoms with van der Waals surface area (Å²) in [6, 6.07) is 1.11. The first-order chi connectivity index (χ1) is 12.1. The number of likely N-dealkylation sites (tertiary alicyclic amines) is 1. The van der Waals surface area contributed by atoms with Gasteiger partial charge in [0.2, 0.25) is 0 Å². The number of alkyl halides is 3. The Kier molecular flexibility index (Phi) is 4.37. The molecule has 10 heteroatoms. The van der Waals surface area contributed by atoms with Gasteiger partial charge in [0.05, 0.1) is 11.8 Å². The van der Waals surface area contributed by atoms with Gasteiger partial charge in [0.15, 0.2) is 5.78 Å². The smallest absolute Gasteiger partial charge is 0.394 e. The van der Waals surface area contributed by atoms with Crippen LogP contribution in [0.2, 0.25) is 0 Å². The number of hydrogen-bond acceptors (Lipinski definition) is 4. The highest BCUT2D eigenvalue weighted by Gasteiger charge is 2.53. The van der Waals surface area contributed by atoms with Gasteiger partial charge in [-0.3, -0.25) is 19.2 Å². The lowest BCUT2D eigenvalue weighted by molar-refractivity contribution is -0.187. The van der Waals surface area contributed by atoms with Gasteiger partial charge in [-0.05, 0) is 18.9 Å². The number of pyridine rings is 1. The van der Waals surface area contributed by atoms with E-state index >= 15 is 0 Å². The maximum absolute atomic E-state index is 13.1. The third-order valence-corrected chi connectivity index (χ3v) is 4.83. The number of carboxylic acid groups (broad SMARTS) is 1. The Balaban J connectivity index is 1.93. The van der Waals surface area contributed by atoms with E-state index in [0.717, 1.165) is 6.07 Å². The SMILES string of the molecule is O=C1CCCc2[nH]c(=O)c(C(=O)N3C[C@@H](C(F)(F)F)[C@H](C(=O)O)C3)cc21. The summed E-state index contributed by atoms with van der Waals surface area (Å²) in [6.45, 7) is -1.49. The minimum atomic E-state index is -4.78. The van der Waals surface area contributed by atoms with E-state index in [1.807, 2.05) is 0 Å². The second kappa shape index (κ2) is 6.26. The van der Waals surface area contributed by atoms with Gasteiger partial charge < -0.3 is 15.0 Å². The maximum Gasteiger partial charge on any atom is 0.394 e. The molecule has 140 valence electrons. The summed E-state index contributed by atoms with van der Waals surface area (Å²) in [7, 11) is 0. The zero-order valence-electron chi connectivity index (χ0n) is 13.4. The number of aliphatic carboxylic acids is 1. The Labute approximate surface area is 144 Å². The van der Waals surface area contributed by atoms with E-state index in [4.69, 9.17) is 5.11 Å². The number of nitrogens with one attached hydrogen (secondary N) is 1. The van der Waals surface area contributed by atoms with Crippen molar-refractivity contribution >= 4 is 17.7 Å². The van der Waals surface area contributed by atoms with Gasteiger partial charge in [0.25, 0.3) is 11.5 Å². The van der Waals surface area contributed by atoms with Crippen LogP contribution in [0, 0.1) is 11.8 Å². The molecule has 1 fully saturated rings. The molecule has 1 saturated heterocycles. The number of aryl methyl sites for hydroxylation is 1. The van der Waals surface area contributed by atoms with Gasteiger partial charge in [0, 0.05) is 30.8 Å². The summed E-state index contributed by atoms with van der Waals surface area (Å²) in [5.74, 6) is -6.92. The Morgan fingerprint density at radius 1 is 1.19 bits per heavy atom. The largest absolute Gasteiger partial charge is 0.481 e. The van der Waals surface area contributed by atoms with Crippen LogP contribution < -0.4 is 5.56 Å². The standard InChI is InChI=1S/C16H15F3N2O5/c17-16(18,19)10-6-21(5-9(10)15(25)26)14(24)8-4-7-11(20-13(8)23)2-1-3-12(7)22/h4,9-10H,1-3,5-6H2,(H,20,23)(H,25,26)/t9-,10-/m1/s1. The normalized spacial score (nSPS) is 23.0. The lowest BCUT2D eigenvalue weighted by Gasteiger charge is -2.19. The Hall–Kier alpha value is -2.65. The van der Waals surface area contributed by atoms with Crippen LogP contribution >= 0.6 is 0 Å². The first kappa shape index (κ1) is 18.2. The molecule has 1 aromatic heterocycles. The van der Waals surface area contributed by atoms with Crippen molar-refractivity contribution in [3.05, 3.63) is 33.2 Å². The summed E-state index contributed by atoms with van der Waals surface area (Å²) >= 11 is 0. The summed E-state index contributed by atoms with van der Waals surface area (Å²) in [6.07, 6.45) is -3.50. The van der Waals surface area contributed by atoms with Crippen LogP contribution in [-0.4, -0.2) is 51.9 Å².